The Morgan fingerprint density at radius 3 is 2.48 bits per heavy atom. The molecule has 1 fully saturated rings. The Bertz CT molecular complexity index is 1110. The fraction of sp³-hybridized carbons (Fsp3) is 0.474. The van der Waals surface area contributed by atoms with Gasteiger partial charge in [0.25, 0.3) is 0 Å². The minimum atomic E-state index is -3.62. The van der Waals surface area contributed by atoms with Crippen molar-refractivity contribution in [1.29, 1.82) is 0 Å². The van der Waals surface area contributed by atoms with Gasteiger partial charge in [-0.1, -0.05) is 23.1 Å². The maximum atomic E-state index is 12.5. The summed E-state index contributed by atoms with van der Waals surface area (Å²) in [5.74, 6) is -0.262. The number of nitrogens with zero attached hydrogens (tertiary/aromatic N) is 4. The summed E-state index contributed by atoms with van der Waals surface area (Å²) in [6.07, 6.45) is 1.93. The highest BCUT2D eigenvalue weighted by Crippen LogP contribution is 2.35. The van der Waals surface area contributed by atoms with E-state index < -0.39 is 10.0 Å². The van der Waals surface area contributed by atoms with Crippen LogP contribution in [0.2, 0.25) is 0 Å². The quantitative estimate of drug-likeness (QED) is 0.454. The number of hydrogen-bond donors (Lipinski definition) is 1. The molecule has 1 aliphatic carbocycles. The maximum Gasteiger partial charge on any atom is 0.242 e. The van der Waals surface area contributed by atoms with Crippen LogP contribution in [0.3, 0.4) is 0 Å². The minimum Gasteiger partial charge on any atom is -0.325 e. The van der Waals surface area contributed by atoms with E-state index in [-0.39, 0.29) is 28.5 Å². The van der Waals surface area contributed by atoms with Crippen molar-refractivity contribution in [2.45, 2.75) is 48.9 Å². The zero-order valence-corrected chi connectivity index (χ0v) is 20.4. The number of sulfonamides is 1. The van der Waals surface area contributed by atoms with Crippen molar-refractivity contribution in [2.24, 2.45) is 0 Å². The number of aryl methyl sites for hydroxylation is 1. The summed E-state index contributed by atoms with van der Waals surface area (Å²) in [7, 11) is -0.687. The van der Waals surface area contributed by atoms with E-state index in [0.717, 1.165) is 28.3 Å². The fourth-order valence-corrected chi connectivity index (χ4v) is 5.64. The van der Waals surface area contributed by atoms with Crippen LogP contribution in [-0.2, 0) is 19.6 Å². The monoisotopic (exact) mass is 483 g/mol. The molecule has 0 atom stereocenters. The van der Waals surface area contributed by atoms with Crippen LogP contribution in [0.1, 0.15) is 30.9 Å². The standard InChI is InChI=1S/C19H25N5O4S3/c1-11-8-15(31(27,28)23(4)5)9-16(12(11)2)20-17(26)10-29-19-22-21-18(30-19)24(13(3)25)14-6-7-14/h8-9,14H,6-7,10H2,1-5H3,(H,20,26). The third-order valence-corrected chi connectivity index (χ3v) is 8.72. The van der Waals surface area contributed by atoms with Crippen LogP contribution < -0.4 is 10.2 Å². The second-order valence-corrected chi connectivity index (χ2v) is 11.8. The number of thioether (sulfide) groups is 1. The second-order valence-electron chi connectivity index (χ2n) is 7.51. The molecule has 1 aliphatic rings. The van der Waals surface area contributed by atoms with Crippen molar-refractivity contribution < 1.29 is 18.0 Å². The Morgan fingerprint density at radius 1 is 1.23 bits per heavy atom. The molecule has 1 heterocycles. The molecule has 2 aromatic rings. The van der Waals surface area contributed by atoms with Crippen molar-refractivity contribution in [3.05, 3.63) is 23.3 Å². The number of amides is 2. The normalized spacial score (nSPS) is 14.0. The average molecular weight is 484 g/mol. The number of carbonyl (C=O) groups excluding carboxylic acids is 2. The highest BCUT2D eigenvalue weighted by atomic mass is 32.2. The molecule has 9 nitrogen and oxygen atoms in total. The Kier molecular flexibility index (Phi) is 7.04. The van der Waals surface area contributed by atoms with Gasteiger partial charge >= 0.3 is 0 Å². The Hall–Kier alpha value is -2.02. The third-order valence-electron chi connectivity index (χ3n) is 4.87. The van der Waals surface area contributed by atoms with E-state index in [1.54, 1.807) is 17.9 Å². The van der Waals surface area contributed by atoms with Crippen LogP contribution in [0, 0.1) is 13.8 Å². The van der Waals surface area contributed by atoms with E-state index in [9.17, 15) is 18.0 Å². The molecule has 31 heavy (non-hydrogen) atoms. The number of carbonyl (C=O) groups is 2. The summed E-state index contributed by atoms with van der Waals surface area (Å²) < 4.78 is 26.7. The third kappa shape index (κ3) is 5.43. The number of hydrogen-bond acceptors (Lipinski definition) is 8. The SMILES string of the molecule is CC(=O)N(c1nnc(SCC(=O)Nc2cc(S(=O)(=O)N(C)C)cc(C)c2C)s1)C1CC1. The summed E-state index contributed by atoms with van der Waals surface area (Å²) in [4.78, 5) is 26.1. The van der Waals surface area contributed by atoms with Gasteiger partial charge in [-0.2, -0.15) is 0 Å². The van der Waals surface area contributed by atoms with Crippen LogP contribution >= 0.6 is 23.1 Å². The van der Waals surface area contributed by atoms with Gasteiger partial charge in [0.2, 0.25) is 27.0 Å². The van der Waals surface area contributed by atoms with Crippen LogP contribution in [0.4, 0.5) is 10.8 Å². The van der Waals surface area contributed by atoms with Crippen molar-refractivity contribution in [3.63, 3.8) is 0 Å². The molecule has 2 amide bonds. The minimum absolute atomic E-state index is 0.0636. The number of rotatable bonds is 8. The first-order chi connectivity index (χ1) is 14.5. The van der Waals surface area contributed by atoms with Gasteiger partial charge in [-0.25, -0.2) is 12.7 Å². The highest BCUT2D eigenvalue weighted by molar-refractivity contribution is 8.01. The summed E-state index contributed by atoms with van der Waals surface area (Å²) in [5.41, 5.74) is 2.03. The molecule has 1 saturated carbocycles. The van der Waals surface area contributed by atoms with Crippen LogP contribution in [0.15, 0.2) is 21.4 Å². The maximum absolute atomic E-state index is 12.5. The van der Waals surface area contributed by atoms with E-state index in [2.05, 4.69) is 15.5 Å². The molecule has 1 aromatic heterocycles. The molecule has 0 spiro atoms. The van der Waals surface area contributed by atoms with E-state index in [4.69, 9.17) is 0 Å². The topological polar surface area (TPSA) is 113 Å². The molecule has 0 aliphatic heterocycles. The predicted molar refractivity (Wildman–Crippen MR) is 122 cm³/mol. The molecule has 0 radical (unpaired) electrons. The Balaban J connectivity index is 1.68. The van der Waals surface area contributed by atoms with E-state index in [0.29, 0.717) is 15.2 Å². The first kappa shape index (κ1) is 23.6. The smallest absolute Gasteiger partial charge is 0.242 e. The first-order valence-corrected chi connectivity index (χ1v) is 12.8. The van der Waals surface area contributed by atoms with E-state index in [1.807, 2.05) is 6.92 Å². The lowest BCUT2D eigenvalue weighted by Gasteiger charge is -2.16. The van der Waals surface area contributed by atoms with Gasteiger partial charge in [0, 0.05) is 32.7 Å². The number of aromatic nitrogens is 2. The summed E-state index contributed by atoms with van der Waals surface area (Å²) >= 11 is 2.50. The average Bonchev–Trinajstić information content (AvgIpc) is 3.40. The van der Waals surface area contributed by atoms with Gasteiger partial charge in [0.05, 0.1) is 10.6 Å². The van der Waals surface area contributed by atoms with Gasteiger partial charge in [0.1, 0.15) is 0 Å². The van der Waals surface area contributed by atoms with Crippen molar-refractivity contribution in [3.8, 4) is 0 Å². The molecular weight excluding hydrogens is 458 g/mol. The molecule has 0 unspecified atom stereocenters. The molecule has 12 heteroatoms. The lowest BCUT2D eigenvalue weighted by Crippen LogP contribution is -2.30. The van der Waals surface area contributed by atoms with Gasteiger partial charge in [-0.05, 0) is 49.9 Å². The van der Waals surface area contributed by atoms with E-state index in [1.165, 1.54) is 50.2 Å². The molecule has 1 aromatic carbocycles. The lowest BCUT2D eigenvalue weighted by atomic mass is 10.1. The Morgan fingerprint density at radius 2 is 1.90 bits per heavy atom. The second kappa shape index (κ2) is 9.23. The van der Waals surface area contributed by atoms with Crippen LogP contribution in [0.25, 0.3) is 0 Å². The summed E-state index contributed by atoms with van der Waals surface area (Å²) in [5, 5.41) is 11.5. The van der Waals surface area contributed by atoms with Crippen molar-refractivity contribution in [2.75, 3.05) is 30.1 Å². The number of anilines is 2. The lowest BCUT2D eigenvalue weighted by molar-refractivity contribution is -0.116. The van der Waals surface area contributed by atoms with Gasteiger partial charge in [-0.3, -0.25) is 14.5 Å². The molecule has 0 bridgehead atoms. The molecule has 0 saturated heterocycles. The number of benzene rings is 1. The van der Waals surface area contributed by atoms with Crippen LogP contribution in [0.5, 0.6) is 0 Å². The predicted octanol–water partition coefficient (Wildman–Crippen LogP) is 2.65. The summed E-state index contributed by atoms with van der Waals surface area (Å²) in [6.45, 7) is 5.14. The Labute approximate surface area is 190 Å². The number of nitrogens with one attached hydrogen (secondary N) is 1. The summed E-state index contributed by atoms with van der Waals surface area (Å²) in [6, 6.07) is 3.27. The van der Waals surface area contributed by atoms with Crippen molar-refractivity contribution in [1.82, 2.24) is 14.5 Å². The molecular formula is C19H25N5O4S3. The van der Waals surface area contributed by atoms with Crippen LogP contribution in [-0.4, -0.2) is 60.6 Å². The molecule has 3 rings (SSSR count). The van der Waals surface area contributed by atoms with E-state index >= 15 is 0 Å². The van der Waals surface area contributed by atoms with Crippen molar-refractivity contribution >= 4 is 55.8 Å². The highest BCUT2D eigenvalue weighted by Gasteiger charge is 2.34. The van der Waals surface area contributed by atoms with Gasteiger partial charge in [-0.15, -0.1) is 10.2 Å². The zero-order chi connectivity index (χ0) is 22.9. The fourth-order valence-electron chi connectivity index (χ4n) is 2.87. The van der Waals surface area contributed by atoms with Gasteiger partial charge < -0.3 is 5.32 Å². The van der Waals surface area contributed by atoms with Gasteiger partial charge in [0.15, 0.2) is 4.34 Å². The first-order valence-electron chi connectivity index (χ1n) is 9.60. The largest absolute Gasteiger partial charge is 0.325 e. The zero-order valence-electron chi connectivity index (χ0n) is 18.0. The molecule has 168 valence electrons. The molecule has 1 N–H and O–H groups in total.